The van der Waals surface area contributed by atoms with Crippen LogP contribution in [-0.2, 0) is 4.79 Å². The van der Waals surface area contributed by atoms with E-state index in [-0.39, 0.29) is 18.2 Å². The highest BCUT2D eigenvalue weighted by Gasteiger charge is 2.35. The highest BCUT2D eigenvalue weighted by atomic mass is 16.6. The van der Waals surface area contributed by atoms with Crippen LogP contribution in [0.1, 0.15) is 38.5 Å². The van der Waals surface area contributed by atoms with Gasteiger partial charge in [-0.25, -0.2) is 0 Å². The van der Waals surface area contributed by atoms with Crippen molar-refractivity contribution >= 4 is 11.6 Å². The molecule has 31 heavy (non-hydrogen) atoms. The molecule has 1 aliphatic heterocycles. The molecular weight excluding hydrogens is 396 g/mol. The van der Waals surface area contributed by atoms with E-state index in [4.69, 9.17) is 9.47 Å². The Morgan fingerprint density at radius 1 is 1.10 bits per heavy atom. The number of amides is 1. The summed E-state index contributed by atoms with van der Waals surface area (Å²) >= 11 is 0. The summed E-state index contributed by atoms with van der Waals surface area (Å²) in [5.41, 5.74) is 1.32. The molecule has 1 heterocycles. The number of nitro benzene ring substituents is 1. The Bertz CT molecular complexity index is 941. The first-order valence-electron chi connectivity index (χ1n) is 10.9. The Morgan fingerprint density at radius 2 is 1.84 bits per heavy atom. The van der Waals surface area contributed by atoms with Gasteiger partial charge in [0.25, 0.3) is 11.6 Å². The van der Waals surface area contributed by atoms with Gasteiger partial charge in [-0.15, -0.1) is 0 Å². The third-order valence-electron chi connectivity index (χ3n) is 6.49. The first-order valence-corrected chi connectivity index (χ1v) is 10.9. The van der Waals surface area contributed by atoms with E-state index in [9.17, 15) is 14.9 Å². The largest absolute Gasteiger partial charge is 0.497 e. The summed E-state index contributed by atoms with van der Waals surface area (Å²) < 4.78 is 11.1. The molecule has 0 aromatic heterocycles. The molecule has 2 aromatic carbocycles. The number of piperidine rings is 1. The number of likely N-dealkylation sites (tertiary alicyclic amines) is 1. The standard InChI is InChI=1S/C24H28N2O5/c1-30-20-11-8-17(9-12-20)21-15-19(26(28)29)10-13-23(21)31-16-24(27)25-14-4-6-18-5-2-3-7-22(18)25/h8-13,15,18,22H,2-7,14,16H2,1H3/t18-,22+/m0/s1. The lowest BCUT2D eigenvalue weighted by Crippen LogP contribution is -2.51. The van der Waals surface area contributed by atoms with E-state index in [0.717, 1.165) is 24.9 Å². The second kappa shape index (κ2) is 9.37. The summed E-state index contributed by atoms with van der Waals surface area (Å²) in [6.07, 6.45) is 6.97. The Balaban J connectivity index is 1.53. The molecule has 0 spiro atoms. The van der Waals surface area contributed by atoms with E-state index >= 15 is 0 Å². The SMILES string of the molecule is COc1ccc(-c2cc([N+](=O)[O-])ccc2OCC(=O)N2CCC[C@@H]3CCCC[C@H]32)cc1. The van der Waals surface area contributed by atoms with Crippen LogP contribution in [0.3, 0.4) is 0 Å². The Hall–Kier alpha value is -3.09. The second-order valence-corrected chi connectivity index (χ2v) is 8.30. The van der Waals surface area contributed by atoms with Crippen molar-refractivity contribution in [2.24, 2.45) is 5.92 Å². The Labute approximate surface area is 182 Å². The maximum Gasteiger partial charge on any atom is 0.270 e. The van der Waals surface area contributed by atoms with Crippen molar-refractivity contribution in [1.29, 1.82) is 0 Å². The van der Waals surface area contributed by atoms with Gasteiger partial charge in [0, 0.05) is 30.3 Å². The maximum atomic E-state index is 13.0. The second-order valence-electron chi connectivity index (χ2n) is 8.30. The average molecular weight is 424 g/mol. The van der Waals surface area contributed by atoms with Gasteiger partial charge < -0.3 is 14.4 Å². The van der Waals surface area contributed by atoms with Gasteiger partial charge in [-0.3, -0.25) is 14.9 Å². The number of ether oxygens (including phenoxy) is 2. The number of carbonyl (C=O) groups excluding carboxylic acids is 1. The number of fused-ring (bicyclic) bond motifs is 1. The van der Waals surface area contributed by atoms with Crippen molar-refractivity contribution in [3.05, 3.63) is 52.6 Å². The van der Waals surface area contributed by atoms with Crippen molar-refractivity contribution < 1.29 is 19.2 Å². The van der Waals surface area contributed by atoms with Crippen LogP contribution < -0.4 is 9.47 Å². The number of methoxy groups -OCH3 is 1. The number of hydrogen-bond donors (Lipinski definition) is 0. The molecule has 4 rings (SSSR count). The van der Waals surface area contributed by atoms with Crippen LogP contribution in [0, 0.1) is 16.0 Å². The smallest absolute Gasteiger partial charge is 0.270 e. The average Bonchev–Trinajstić information content (AvgIpc) is 2.82. The fourth-order valence-electron chi connectivity index (χ4n) is 4.91. The van der Waals surface area contributed by atoms with Gasteiger partial charge >= 0.3 is 0 Å². The highest BCUT2D eigenvalue weighted by molar-refractivity contribution is 5.79. The minimum atomic E-state index is -0.432. The molecule has 1 amide bonds. The molecule has 1 saturated heterocycles. The normalized spacial score (nSPS) is 20.6. The quantitative estimate of drug-likeness (QED) is 0.490. The zero-order valence-corrected chi connectivity index (χ0v) is 17.8. The molecule has 0 bridgehead atoms. The lowest BCUT2D eigenvalue weighted by molar-refractivity contribution is -0.384. The van der Waals surface area contributed by atoms with E-state index in [2.05, 4.69) is 0 Å². The van der Waals surface area contributed by atoms with Crippen molar-refractivity contribution in [2.75, 3.05) is 20.3 Å². The van der Waals surface area contributed by atoms with E-state index in [1.165, 1.54) is 37.8 Å². The predicted octanol–water partition coefficient (Wildman–Crippen LogP) is 4.83. The number of non-ortho nitro benzene ring substituents is 1. The number of carbonyl (C=O) groups is 1. The molecule has 0 unspecified atom stereocenters. The monoisotopic (exact) mass is 424 g/mol. The van der Waals surface area contributed by atoms with Gasteiger partial charge in [0.1, 0.15) is 11.5 Å². The third kappa shape index (κ3) is 4.65. The van der Waals surface area contributed by atoms with Crippen molar-refractivity contribution in [2.45, 2.75) is 44.6 Å². The van der Waals surface area contributed by atoms with Crippen LogP contribution in [0.15, 0.2) is 42.5 Å². The molecule has 2 fully saturated rings. The topological polar surface area (TPSA) is 81.9 Å². The van der Waals surface area contributed by atoms with E-state index in [1.54, 1.807) is 25.3 Å². The number of hydrogen-bond acceptors (Lipinski definition) is 5. The number of nitro groups is 1. The zero-order chi connectivity index (χ0) is 21.8. The van der Waals surface area contributed by atoms with Gasteiger partial charge in [0.15, 0.2) is 6.61 Å². The van der Waals surface area contributed by atoms with Crippen LogP contribution in [0.25, 0.3) is 11.1 Å². The molecular formula is C24H28N2O5. The predicted molar refractivity (Wildman–Crippen MR) is 117 cm³/mol. The zero-order valence-electron chi connectivity index (χ0n) is 17.8. The van der Waals surface area contributed by atoms with E-state index < -0.39 is 4.92 Å². The molecule has 1 aliphatic carbocycles. The third-order valence-corrected chi connectivity index (χ3v) is 6.49. The van der Waals surface area contributed by atoms with E-state index in [0.29, 0.717) is 29.0 Å². The molecule has 2 aliphatic rings. The van der Waals surface area contributed by atoms with Crippen LogP contribution in [0.4, 0.5) is 5.69 Å². The van der Waals surface area contributed by atoms with Crippen LogP contribution in [-0.4, -0.2) is 42.0 Å². The fraction of sp³-hybridized carbons (Fsp3) is 0.458. The number of nitrogens with zero attached hydrogens (tertiary/aromatic N) is 2. The fourth-order valence-corrected chi connectivity index (χ4v) is 4.91. The lowest BCUT2D eigenvalue weighted by Gasteiger charge is -2.44. The molecule has 164 valence electrons. The summed E-state index contributed by atoms with van der Waals surface area (Å²) in [7, 11) is 1.58. The van der Waals surface area contributed by atoms with Crippen molar-refractivity contribution in [3.63, 3.8) is 0 Å². The molecule has 2 atom stereocenters. The van der Waals surface area contributed by atoms with Crippen molar-refractivity contribution in [3.8, 4) is 22.6 Å². The minimum Gasteiger partial charge on any atom is -0.497 e. The highest BCUT2D eigenvalue weighted by Crippen LogP contribution is 2.36. The first kappa shape index (κ1) is 21.2. The van der Waals surface area contributed by atoms with Crippen molar-refractivity contribution in [1.82, 2.24) is 4.90 Å². The summed E-state index contributed by atoms with van der Waals surface area (Å²) in [5.74, 6) is 1.76. The molecule has 0 radical (unpaired) electrons. The molecule has 7 nitrogen and oxygen atoms in total. The van der Waals surface area contributed by atoms with Gasteiger partial charge in [-0.05, 0) is 55.4 Å². The van der Waals surface area contributed by atoms with Crippen LogP contribution in [0.2, 0.25) is 0 Å². The number of rotatable bonds is 6. The Morgan fingerprint density at radius 3 is 2.58 bits per heavy atom. The number of benzene rings is 2. The molecule has 7 heteroatoms. The molecule has 1 saturated carbocycles. The summed E-state index contributed by atoms with van der Waals surface area (Å²) in [6.45, 7) is 0.721. The van der Waals surface area contributed by atoms with Crippen LogP contribution in [0.5, 0.6) is 11.5 Å². The van der Waals surface area contributed by atoms with Crippen LogP contribution >= 0.6 is 0 Å². The lowest BCUT2D eigenvalue weighted by atomic mass is 9.78. The minimum absolute atomic E-state index is 0.00404. The van der Waals surface area contributed by atoms with E-state index in [1.807, 2.05) is 17.0 Å². The maximum absolute atomic E-state index is 13.0. The first-order chi connectivity index (χ1) is 15.1. The van der Waals surface area contributed by atoms with Gasteiger partial charge in [0.05, 0.1) is 12.0 Å². The summed E-state index contributed by atoms with van der Waals surface area (Å²) in [6, 6.07) is 12.0. The Kier molecular flexibility index (Phi) is 6.39. The molecule has 2 aromatic rings. The van der Waals surface area contributed by atoms with Gasteiger partial charge in [-0.1, -0.05) is 25.0 Å². The summed E-state index contributed by atoms with van der Waals surface area (Å²) in [5, 5.41) is 11.3. The van der Waals surface area contributed by atoms with Gasteiger partial charge in [0.2, 0.25) is 0 Å². The molecule has 0 N–H and O–H groups in total. The van der Waals surface area contributed by atoms with Gasteiger partial charge in [-0.2, -0.15) is 0 Å². The summed E-state index contributed by atoms with van der Waals surface area (Å²) in [4.78, 5) is 25.9.